The molecule has 0 spiro atoms. The van der Waals surface area contributed by atoms with Crippen LogP contribution in [-0.4, -0.2) is 5.54 Å². The zero-order valence-electron chi connectivity index (χ0n) is 9.95. The van der Waals surface area contributed by atoms with Crippen LogP contribution in [-0.2, 0) is 0 Å². The monoisotopic (exact) mass is 213 g/mol. The van der Waals surface area contributed by atoms with Gasteiger partial charge < -0.3 is 0 Å². The number of rotatable bonds is 5. The molecule has 0 aliphatic carbocycles. The molecular weight excluding hydrogens is 194 g/mol. The summed E-state index contributed by atoms with van der Waals surface area (Å²) in [5.74, 6) is 0. The van der Waals surface area contributed by atoms with Crippen LogP contribution >= 0.6 is 0 Å². The van der Waals surface area contributed by atoms with Crippen molar-refractivity contribution in [3.05, 3.63) is 47.5 Å². The minimum absolute atomic E-state index is 0.140. The summed E-state index contributed by atoms with van der Waals surface area (Å²) in [7, 11) is 0. The molecule has 16 heavy (non-hydrogen) atoms. The lowest BCUT2D eigenvalue weighted by Crippen LogP contribution is -2.19. The molecule has 0 N–H and O–H groups in total. The summed E-state index contributed by atoms with van der Waals surface area (Å²) in [5, 5.41) is 2.36. The molecule has 2 rings (SSSR count). The van der Waals surface area contributed by atoms with Crippen LogP contribution in [0.1, 0.15) is 32.6 Å². The summed E-state index contributed by atoms with van der Waals surface area (Å²) >= 11 is 0. The van der Waals surface area contributed by atoms with Crippen molar-refractivity contribution in [2.75, 3.05) is 0 Å². The fourth-order valence-electron chi connectivity index (χ4n) is 2.23. The fourth-order valence-corrected chi connectivity index (χ4v) is 2.23. The maximum Gasteiger partial charge on any atom is 0.0982 e. The topological polar surface area (TPSA) is 12.4 Å². The smallest absolute Gasteiger partial charge is 0.0982 e. The highest BCUT2D eigenvalue weighted by molar-refractivity contribution is 5.46. The number of benzene rings is 1. The Bertz CT molecular complexity index is 449. The van der Waals surface area contributed by atoms with Gasteiger partial charge in [0.1, 0.15) is 0 Å². The molecular formula is C15H19N. The molecule has 0 amide bonds. The Morgan fingerprint density at radius 2 is 2.12 bits per heavy atom. The minimum Gasteiger partial charge on any atom is -0.270 e. The van der Waals surface area contributed by atoms with Crippen molar-refractivity contribution in [3.8, 4) is 0 Å². The maximum absolute atomic E-state index is 4.80. The van der Waals surface area contributed by atoms with Gasteiger partial charge in [-0.15, -0.1) is 6.58 Å². The van der Waals surface area contributed by atoms with Crippen molar-refractivity contribution < 1.29 is 0 Å². The van der Waals surface area contributed by atoms with Gasteiger partial charge in [-0.1, -0.05) is 50.5 Å². The first-order valence-corrected chi connectivity index (χ1v) is 6.11. The molecule has 0 bridgehead atoms. The number of hydrogen-bond acceptors (Lipinski definition) is 1. The van der Waals surface area contributed by atoms with E-state index < -0.39 is 0 Å². The largest absolute Gasteiger partial charge is 0.270 e. The van der Waals surface area contributed by atoms with E-state index in [9.17, 15) is 0 Å². The van der Waals surface area contributed by atoms with E-state index in [1.54, 1.807) is 0 Å². The van der Waals surface area contributed by atoms with Gasteiger partial charge in [0, 0.05) is 0 Å². The zero-order valence-corrected chi connectivity index (χ0v) is 9.95. The Hall–Kier alpha value is -1.37. The van der Waals surface area contributed by atoms with Crippen molar-refractivity contribution in [2.45, 2.75) is 38.1 Å². The lowest BCUT2D eigenvalue weighted by atomic mass is 9.93. The molecule has 1 heterocycles. The molecule has 1 atom stereocenters. The molecule has 0 fully saturated rings. The molecule has 1 aromatic rings. The first-order valence-electron chi connectivity index (χ1n) is 6.11. The van der Waals surface area contributed by atoms with Gasteiger partial charge in [-0.3, -0.25) is 4.99 Å². The summed E-state index contributed by atoms with van der Waals surface area (Å²) in [5.41, 5.74) is -0.140. The van der Waals surface area contributed by atoms with E-state index in [0.717, 1.165) is 11.8 Å². The molecule has 0 radical (unpaired) electrons. The third kappa shape index (κ3) is 2.08. The van der Waals surface area contributed by atoms with Gasteiger partial charge in [0.15, 0.2) is 0 Å². The van der Waals surface area contributed by atoms with Crippen LogP contribution in [0.3, 0.4) is 0 Å². The lowest BCUT2D eigenvalue weighted by Gasteiger charge is -2.19. The van der Waals surface area contributed by atoms with Crippen LogP contribution in [0.15, 0.2) is 41.9 Å². The molecule has 0 saturated carbocycles. The van der Waals surface area contributed by atoms with Crippen LogP contribution in [0.2, 0.25) is 0 Å². The van der Waals surface area contributed by atoms with Crippen molar-refractivity contribution in [2.24, 2.45) is 4.99 Å². The van der Waals surface area contributed by atoms with Gasteiger partial charge in [0.05, 0.1) is 10.9 Å². The molecule has 0 aromatic heterocycles. The molecule has 0 saturated heterocycles. The van der Waals surface area contributed by atoms with Crippen LogP contribution in [0.25, 0.3) is 6.08 Å². The maximum atomic E-state index is 4.80. The second kappa shape index (κ2) is 4.65. The Labute approximate surface area is 97.2 Å². The van der Waals surface area contributed by atoms with Gasteiger partial charge >= 0.3 is 0 Å². The van der Waals surface area contributed by atoms with Crippen molar-refractivity contribution in [3.63, 3.8) is 0 Å². The average molecular weight is 213 g/mol. The molecule has 1 aliphatic heterocycles. The Morgan fingerprint density at radius 1 is 1.31 bits per heavy atom. The van der Waals surface area contributed by atoms with E-state index in [1.807, 2.05) is 12.1 Å². The van der Waals surface area contributed by atoms with Gasteiger partial charge in [0.25, 0.3) is 0 Å². The van der Waals surface area contributed by atoms with Crippen molar-refractivity contribution in [1.29, 1.82) is 0 Å². The van der Waals surface area contributed by atoms with E-state index in [0.29, 0.717) is 0 Å². The fraction of sp³-hybridized carbons (Fsp3) is 0.400. The standard InChI is InChI=1S/C15H19N/c1-3-5-8-11-15(4-2)12-13-9-6-7-10-14(13)16-15/h4,6-7,9-10,12H,2-3,5,8,11H2,1H3. The second-order valence-electron chi connectivity index (χ2n) is 4.47. The van der Waals surface area contributed by atoms with E-state index in [2.05, 4.69) is 37.8 Å². The summed E-state index contributed by atoms with van der Waals surface area (Å²) in [4.78, 5) is 4.80. The normalized spacial score (nSPS) is 22.1. The van der Waals surface area contributed by atoms with Crippen molar-refractivity contribution >= 4 is 6.08 Å². The van der Waals surface area contributed by atoms with Gasteiger partial charge in [-0.2, -0.15) is 0 Å². The summed E-state index contributed by atoms with van der Waals surface area (Å²) in [6, 6.07) is 8.32. The molecule has 1 nitrogen and oxygen atoms in total. The molecule has 1 aliphatic rings. The van der Waals surface area contributed by atoms with E-state index in [4.69, 9.17) is 4.99 Å². The predicted molar refractivity (Wildman–Crippen MR) is 68.8 cm³/mol. The quantitative estimate of drug-likeness (QED) is 0.526. The molecule has 84 valence electrons. The van der Waals surface area contributed by atoms with Crippen LogP contribution in [0, 0.1) is 0 Å². The van der Waals surface area contributed by atoms with E-state index in [1.165, 1.54) is 24.5 Å². The SMILES string of the molecule is C=CC1(CCCCC)C=c2ccccc2=N1. The first kappa shape index (κ1) is 11.1. The Balaban J connectivity index is 2.26. The van der Waals surface area contributed by atoms with E-state index >= 15 is 0 Å². The highest BCUT2D eigenvalue weighted by atomic mass is 14.9. The Morgan fingerprint density at radius 3 is 2.81 bits per heavy atom. The number of nitrogens with zero attached hydrogens (tertiary/aromatic N) is 1. The van der Waals surface area contributed by atoms with Gasteiger partial charge in [0.2, 0.25) is 0 Å². The highest BCUT2D eigenvalue weighted by Gasteiger charge is 2.24. The number of unbranched alkanes of at least 4 members (excludes halogenated alkanes) is 2. The van der Waals surface area contributed by atoms with Crippen LogP contribution in [0.4, 0.5) is 0 Å². The molecule has 1 heteroatoms. The van der Waals surface area contributed by atoms with Crippen LogP contribution in [0.5, 0.6) is 0 Å². The lowest BCUT2D eigenvalue weighted by molar-refractivity contribution is 0.561. The number of hydrogen-bond donors (Lipinski definition) is 0. The number of para-hydroxylation sites is 1. The predicted octanol–water partition coefficient (Wildman–Crippen LogP) is 2.61. The Kier molecular flexibility index (Phi) is 3.23. The molecule has 1 unspecified atom stereocenters. The van der Waals surface area contributed by atoms with Gasteiger partial charge in [-0.05, 0) is 23.8 Å². The summed E-state index contributed by atoms with van der Waals surface area (Å²) < 4.78 is 0. The third-order valence-corrected chi connectivity index (χ3v) is 3.21. The number of fused-ring (bicyclic) bond motifs is 1. The second-order valence-corrected chi connectivity index (χ2v) is 4.47. The highest BCUT2D eigenvalue weighted by Crippen LogP contribution is 2.24. The summed E-state index contributed by atoms with van der Waals surface area (Å²) in [6.45, 7) is 6.18. The first-order chi connectivity index (χ1) is 7.79. The van der Waals surface area contributed by atoms with Crippen LogP contribution < -0.4 is 10.6 Å². The van der Waals surface area contributed by atoms with Gasteiger partial charge in [-0.25, -0.2) is 0 Å². The summed E-state index contributed by atoms with van der Waals surface area (Å²) in [6.07, 6.45) is 9.07. The minimum atomic E-state index is -0.140. The zero-order chi connectivity index (χ0) is 11.4. The van der Waals surface area contributed by atoms with Crippen molar-refractivity contribution in [1.82, 2.24) is 0 Å². The average Bonchev–Trinajstić information content (AvgIpc) is 2.68. The third-order valence-electron chi connectivity index (χ3n) is 3.21. The molecule has 1 aromatic carbocycles. The van der Waals surface area contributed by atoms with E-state index in [-0.39, 0.29) is 5.54 Å².